The summed E-state index contributed by atoms with van der Waals surface area (Å²) in [5, 5.41) is 3.43. The third-order valence-corrected chi connectivity index (χ3v) is 8.54. The summed E-state index contributed by atoms with van der Waals surface area (Å²) in [7, 11) is 0. The predicted molar refractivity (Wildman–Crippen MR) is 156 cm³/mol. The molecule has 11 heteroatoms. The van der Waals surface area contributed by atoms with Gasteiger partial charge < -0.3 is 0 Å². The minimum absolute atomic E-state index is 0. The molecule has 7 aromatic rings. The van der Waals surface area contributed by atoms with E-state index in [1.165, 1.54) is 0 Å². The van der Waals surface area contributed by atoms with Gasteiger partial charge in [0.05, 0.1) is 0 Å². The molecule has 0 atom stereocenters. The van der Waals surface area contributed by atoms with Crippen molar-refractivity contribution in [2.75, 3.05) is 0 Å². The van der Waals surface area contributed by atoms with Crippen LogP contribution in [-0.4, -0.2) is 39.9 Å². The van der Waals surface area contributed by atoms with Crippen molar-refractivity contribution in [1.29, 1.82) is 0 Å². The van der Waals surface area contributed by atoms with Gasteiger partial charge in [0.2, 0.25) is 0 Å². The minimum atomic E-state index is -1.31. The zero-order chi connectivity index (χ0) is 27.8. The van der Waals surface area contributed by atoms with Crippen LogP contribution in [0.4, 0.5) is 0 Å². The molecule has 0 amide bonds. The quantitative estimate of drug-likeness (QED) is 0.213. The number of nitrogens with zero attached hydrogens (tertiary/aromatic N) is 6. The third-order valence-electron chi connectivity index (χ3n) is 7.66. The standard InChI is InChI=1S/C32H17N8.Cu.O.V/c1-2-10-18-17(9-1)25-33-26(18)38-28-21-13-5-6-14-22(21)30(35-28)40-32-24-16-8-7-15-23(24)31(36-32)39-29-20-12-4-3-11-19(20)27(34-29)37-25;;;/h1-15H,(H2,33,34,35,36,37,38,39,40);;;. The second kappa shape index (κ2) is 9.86. The van der Waals surface area contributed by atoms with Crippen LogP contribution in [0.25, 0.3) is 89.7 Å². The predicted octanol–water partition coefficient (Wildman–Crippen LogP) is 5.92. The summed E-state index contributed by atoms with van der Waals surface area (Å²) in [6.07, 6.45) is 0. The first-order valence-corrected chi connectivity index (χ1v) is 14.6. The molecular formula is C32H17CuN8OV. The Hall–Kier alpha value is -4.86. The third kappa shape index (κ3) is 3.92. The van der Waals surface area contributed by atoms with Gasteiger partial charge in [-0.05, 0) is 0 Å². The molecule has 3 aromatic heterocycles. The molecule has 9 rings (SSSR count). The summed E-state index contributed by atoms with van der Waals surface area (Å²) in [5.41, 5.74) is 5.93. The van der Waals surface area contributed by atoms with E-state index in [9.17, 15) is 3.67 Å². The molecule has 2 aliphatic heterocycles. The van der Waals surface area contributed by atoms with E-state index in [2.05, 4.69) is 9.97 Å². The molecule has 8 bridgehead atoms. The monoisotopic (exact) mass is 643 g/mol. The van der Waals surface area contributed by atoms with Gasteiger partial charge >= 0.3 is 239 Å². The fourth-order valence-electron chi connectivity index (χ4n) is 5.75. The Morgan fingerprint density at radius 1 is 0.442 bits per heavy atom. The molecule has 0 saturated heterocycles. The summed E-state index contributed by atoms with van der Waals surface area (Å²) >= 11 is -1.31. The maximum absolute atomic E-state index is 12.4. The molecule has 0 aliphatic carbocycles. The fraction of sp³-hybridized carbons (Fsp3) is 0. The Balaban J connectivity index is 0.00000278. The zero-order valence-corrected chi connectivity index (χ0v) is 24.3. The molecule has 0 unspecified atom stereocenters. The van der Waals surface area contributed by atoms with Gasteiger partial charge in [0.15, 0.2) is 0 Å². The molecule has 1 radical (unpaired) electrons. The molecule has 5 heterocycles. The summed E-state index contributed by atoms with van der Waals surface area (Å²) in [4.78, 5) is 36.6. The number of H-pyrrole nitrogens is 2. The van der Waals surface area contributed by atoms with Crippen LogP contribution in [0, 0.1) is 0 Å². The van der Waals surface area contributed by atoms with Crippen LogP contribution in [-0.2, 0) is 37.0 Å². The van der Waals surface area contributed by atoms with Gasteiger partial charge in [-0.3, -0.25) is 0 Å². The molecule has 0 saturated carbocycles. The van der Waals surface area contributed by atoms with Gasteiger partial charge in [0, 0.05) is 17.1 Å². The van der Waals surface area contributed by atoms with E-state index >= 15 is 0 Å². The summed E-state index contributed by atoms with van der Waals surface area (Å²) in [6.45, 7) is 0. The van der Waals surface area contributed by atoms with Crippen molar-refractivity contribution in [2.24, 2.45) is 0 Å². The maximum atomic E-state index is 12.4. The molecular weight excluding hydrogens is 627 g/mol. The molecule has 0 fully saturated rings. The second-order valence-corrected chi connectivity index (χ2v) is 11.1. The van der Waals surface area contributed by atoms with Crippen molar-refractivity contribution in [2.45, 2.75) is 0 Å². The number of fused-ring (bicyclic) bond motifs is 20. The van der Waals surface area contributed by atoms with E-state index in [0.717, 1.165) is 48.1 Å². The number of aromatic nitrogens is 8. The number of hydrogen-bond donors (Lipinski definition) is 2. The van der Waals surface area contributed by atoms with Crippen molar-refractivity contribution >= 4 is 48.4 Å². The molecule has 0 spiro atoms. The van der Waals surface area contributed by atoms with Crippen LogP contribution in [0.1, 0.15) is 0 Å². The van der Waals surface area contributed by atoms with Crippen LogP contribution < -0.4 is 4.28 Å². The number of benzene rings is 4. The molecule has 2 N–H and O–H groups in total. The van der Waals surface area contributed by atoms with Crippen molar-refractivity contribution in [3.63, 3.8) is 0 Å². The van der Waals surface area contributed by atoms with Gasteiger partial charge in [-0.1, -0.05) is 6.07 Å². The average Bonchev–Trinajstić information content (AvgIpc) is 3.76. The van der Waals surface area contributed by atoms with E-state index in [0.29, 0.717) is 45.9 Å². The molecule has 43 heavy (non-hydrogen) atoms. The van der Waals surface area contributed by atoms with Crippen LogP contribution in [0.2, 0.25) is 0 Å². The van der Waals surface area contributed by atoms with Gasteiger partial charge in [0.1, 0.15) is 0 Å². The molecule has 4 aromatic carbocycles. The van der Waals surface area contributed by atoms with Gasteiger partial charge in [0.25, 0.3) is 0 Å². The van der Waals surface area contributed by atoms with E-state index in [-0.39, 0.29) is 17.1 Å². The Labute approximate surface area is 260 Å². The molecule has 9 nitrogen and oxygen atoms in total. The number of rotatable bonds is 1. The van der Waals surface area contributed by atoms with E-state index in [1.54, 1.807) is 0 Å². The van der Waals surface area contributed by atoms with Gasteiger partial charge in [-0.2, -0.15) is 0 Å². The Kier molecular flexibility index (Phi) is 5.92. The topological polar surface area (TPSA) is 126 Å². The fourth-order valence-corrected chi connectivity index (χ4v) is 6.47. The molecule has 207 valence electrons. The summed E-state index contributed by atoms with van der Waals surface area (Å²) in [6, 6.07) is 29.6. The van der Waals surface area contributed by atoms with Crippen molar-refractivity contribution in [1.82, 2.24) is 39.9 Å². The van der Waals surface area contributed by atoms with E-state index in [4.69, 9.17) is 29.9 Å². The van der Waals surface area contributed by atoms with Crippen LogP contribution in [0.15, 0.2) is 91.0 Å². The Bertz CT molecular complexity index is 2460. The number of nitrogens with one attached hydrogen (secondary N) is 2. The Morgan fingerprint density at radius 3 is 1.33 bits per heavy atom. The normalized spacial score (nSPS) is 11.6. The second-order valence-electron chi connectivity index (χ2n) is 10.0. The number of hydrogen-bond acceptors (Lipinski definition) is 7. The SMILES string of the molecule is [Cu].[O]=[V][c]1cccc2c3nc4nc(nc5[nH]c(nc6nc(nc([nH]3)c12)-c1ccccc1-6)c1ccccc51)-c1ccccc1-4. The summed E-state index contributed by atoms with van der Waals surface area (Å²) in [5.74, 6) is 2.15. The van der Waals surface area contributed by atoms with Gasteiger partial charge in [-0.15, -0.1) is 0 Å². The van der Waals surface area contributed by atoms with Crippen LogP contribution in [0.3, 0.4) is 0 Å². The summed E-state index contributed by atoms with van der Waals surface area (Å²) < 4.78 is 13.1. The molecule has 2 aliphatic rings. The van der Waals surface area contributed by atoms with Crippen LogP contribution >= 0.6 is 0 Å². The first-order chi connectivity index (χ1) is 20.7. The van der Waals surface area contributed by atoms with Crippen molar-refractivity contribution in [3.8, 4) is 45.6 Å². The average molecular weight is 644 g/mol. The number of aromatic amines is 2. The zero-order valence-electron chi connectivity index (χ0n) is 22.0. The first-order valence-electron chi connectivity index (χ1n) is 13.3. The van der Waals surface area contributed by atoms with Crippen molar-refractivity contribution in [3.05, 3.63) is 91.0 Å². The first kappa shape index (κ1) is 25.8. The van der Waals surface area contributed by atoms with Gasteiger partial charge in [-0.25, -0.2) is 0 Å². The Morgan fingerprint density at radius 2 is 0.837 bits per heavy atom. The van der Waals surface area contributed by atoms with E-state index < -0.39 is 16.2 Å². The van der Waals surface area contributed by atoms with Crippen LogP contribution in [0.5, 0.6) is 0 Å². The van der Waals surface area contributed by atoms with E-state index in [1.807, 2.05) is 91.0 Å². The van der Waals surface area contributed by atoms with Crippen molar-refractivity contribution < 1.29 is 37.0 Å².